The SMILES string of the molecule is Cc1ccc([N+](=O)[O-])cc1OCc1cc(=O)n2ccsc2n1. The first-order valence-corrected chi connectivity index (χ1v) is 7.26. The number of thiazole rings is 1. The molecule has 0 unspecified atom stereocenters. The van der Waals surface area contributed by atoms with Gasteiger partial charge in [-0.15, -0.1) is 11.3 Å². The van der Waals surface area contributed by atoms with Gasteiger partial charge in [-0.2, -0.15) is 0 Å². The van der Waals surface area contributed by atoms with Gasteiger partial charge in [0, 0.05) is 23.7 Å². The van der Waals surface area contributed by atoms with Gasteiger partial charge in [-0.25, -0.2) is 4.98 Å². The number of benzene rings is 1. The summed E-state index contributed by atoms with van der Waals surface area (Å²) in [5.41, 5.74) is 1.04. The van der Waals surface area contributed by atoms with Gasteiger partial charge in [-0.1, -0.05) is 0 Å². The Kier molecular flexibility index (Phi) is 3.60. The van der Waals surface area contributed by atoms with Crippen LogP contribution in [0.1, 0.15) is 11.3 Å². The molecule has 0 spiro atoms. The second kappa shape index (κ2) is 5.57. The number of nitro benzene ring substituents is 1. The van der Waals surface area contributed by atoms with Crippen LogP contribution < -0.4 is 10.3 Å². The number of rotatable bonds is 4. The molecule has 0 N–H and O–H groups in total. The maximum Gasteiger partial charge on any atom is 0.273 e. The van der Waals surface area contributed by atoms with Crippen molar-refractivity contribution in [2.75, 3.05) is 0 Å². The maximum absolute atomic E-state index is 11.9. The monoisotopic (exact) mass is 317 g/mol. The Hall–Kier alpha value is -2.74. The molecule has 0 saturated heterocycles. The van der Waals surface area contributed by atoms with Crippen LogP contribution in [0.15, 0.2) is 40.6 Å². The fourth-order valence-electron chi connectivity index (χ4n) is 1.97. The van der Waals surface area contributed by atoms with Crippen LogP contribution in [0.25, 0.3) is 4.96 Å². The summed E-state index contributed by atoms with van der Waals surface area (Å²) in [6, 6.07) is 5.81. The van der Waals surface area contributed by atoms with Crippen molar-refractivity contribution in [3.8, 4) is 5.75 Å². The summed E-state index contributed by atoms with van der Waals surface area (Å²) in [5.74, 6) is 0.405. The maximum atomic E-state index is 11.9. The molecule has 0 fully saturated rings. The van der Waals surface area contributed by atoms with E-state index in [1.54, 1.807) is 24.6 Å². The number of non-ortho nitro benzene ring substituents is 1. The van der Waals surface area contributed by atoms with Gasteiger partial charge in [-0.3, -0.25) is 19.3 Å². The summed E-state index contributed by atoms with van der Waals surface area (Å²) in [5, 5.41) is 12.6. The van der Waals surface area contributed by atoms with Crippen LogP contribution in [0.4, 0.5) is 5.69 Å². The molecule has 3 rings (SSSR count). The molecule has 2 heterocycles. The van der Waals surface area contributed by atoms with Crippen LogP contribution >= 0.6 is 11.3 Å². The fraction of sp³-hybridized carbons (Fsp3) is 0.143. The Bertz CT molecular complexity index is 916. The van der Waals surface area contributed by atoms with Gasteiger partial charge in [0.1, 0.15) is 12.4 Å². The van der Waals surface area contributed by atoms with E-state index in [1.807, 2.05) is 0 Å². The Morgan fingerprint density at radius 2 is 2.23 bits per heavy atom. The number of aryl methyl sites for hydroxylation is 1. The number of hydrogen-bond acceptors (Lipinski definition) is 6. The lowest BCUT2D eigenvalue weighted by Crippen LogP contribution is -2.14. The van der Waals surface area contributed by atoms with Crippen molar-refractivity contribution in [2.24, 2.45) is 0 Å². The molecule has 0 aliphatic rings. The van der Waals surface area contributed by atoms with Crippen LogP contribution in [-0.2, 0) is 6.61 Å². The second-order valence-corrected chi connectivity index (χ2v) is 5.51. The summed E-state index contributed by atoms with van der Waals surface area (Å²) in [6.07, 6.45) is 1.66. The molecular weight excluding hydrogens is 306 g/mol. The van der Waals surface area contributed by atoms with Crippen LogP contribution in [0.5, 0.6) is 5.75 Å². The zero-order chi connectivity index (χ0) is 15.7. The van der Waals surface area contributed by atoms with Crippen molar-refractivity contribution >= 4 is 22.0 Å². The number of hydrogen-bond donors (Lipinski definition) is 0. The molecule has 0 atom stereocenters. The predicted octanol–water partition coefficient (Wildman–Crippen LogP) is 2.55. The van der Waals surface area contributed by atoms with E-state index in [0.717, 1.165) is 5.56 Å². The van der Waals surface area contributed by atoms with Gasteiger partial charge < -0.3 is 4.74 Å². The molecule has 1 aromatic carbocycles. The average Bonchev–Trinajstić information content (AvgIpc) is 2.95. The topological polar surface area (TPSA) is 86.7 Å². The van der Waals surface area contributed by atoms with Crippen LogP contribution in [0.3, 0.4) is 0 Å². The summed E-state index contributed by atoms with van der Waals surface area (Å²) in [6.45, 7) is 1.87. The zero-order valence-corrected chi connectivity index (χ0v) is 12.4. The minimum Gasteiger partial charge on any atom is -0.487 e. The van der Waals surface area contributed by atoms with E-state index >= 15 is 0 Å². The highest BCUT2D eigenvalue weighted by atomic mass is 32.1. The van der Waals surface area contributed by atoms with E-state index in [4.69, 9.17) is 4.74 Å². The number of fused-ring (bicyclic) bond motifs is 1. The van der Waals surface area contributed by atoms with Crippen molar-refractivity contribution in [2.45, 2.75) is 13.5 Å². The Morgan fingerprint density at radius 3 is 3.00 bits per heavy atom. The van der Waals surface area contributed by atoms with Gasteiger partial charge in [-0.05, 0) is 18.6 Å². The number of aromatic nitrogens is 2. The van der Waals surface area contributed by atoms with Gasteiger partial charge in [0.15, 0.2) is 4.96 Å². The highest BCUT2D eigenvalue weighted by Gasteiger charge is 2.10. The molecule has 0 aliphatic heterocycles. The average molecular weight is 317 g/mol. The molecule has 0 amide bonds. The van der Waals surface area contributed by atoms with E-state index in [9.17, 15) is 14.9 Å². The van der Waals surface area contributed by atoms with Gasteiger partial charge in [0.05, 0.1) is 16.7 Å². The molecule has 3 aromatic rings. The summed E-state index contributed by atoms with van der Waals surface area (Å²) < 4.78 is 7.03. The minimum absolute atomic E-state index is 0.0395. The lowest BCUT2D eigenvalue weighted by molar-refractivity contribution is -0.385. The molecule has 0 aliphatic carbocycles. The van der Waals surface area contributed by atoms with Crippen LogP contribution in [0.2, 0.25) is 0 Å². The molecule has 2 aromatic heterocycles. The molecule has 0 saturated carbocycles. The third kappa shape index (κ3) is 2.68. The first kappa shape index (κ1) is 14.2. The number of ether oxygens (including phenoxy) is 1. The van der Waals surface area contributed by atoms with E-state index in [0.29, 0.717) is 16.4 Å². The second-order valence-electron chi connectivity index (χ2n) is 4.64. The van der Waals surface area contributed by atoms with Gasteiger partial charge >= 0.3 is 0 Å². The quantitative estimate of drug-likeness (QED) is 0.545. The predicted molar refractivity (Wildman–Crippen MR) is 81.5 cm³/mol. The smallest absolute Gasteiger partial charge is 0.273 e. The lowest BCUT2D eigenvalue weighted by Gasteiger charge is -2.08. The van der Waals surface area contributed by atoms with E-state index in [2.05, 4.69) is 4.98 Å². The third-order valence-electron chi connectivity index (χ3n) is 3.11. The molecule has 0 radical (unpaired) electrons. The number of nitro groups is 1. The lowest BCUT2D eigenvalue weighted by atomic mass is 10.2. The molecule has 0 bridgehead atoms. The Morgan fingerprint density at radius 1 is 1.41 bits per heavy atom. The van der Waals surface area contributed by atoms with Crippen molar-refractivity contribution < 1.29 is 9.66 Å². The molecule has 8 heteroatoms. The normalized spacial score (nSPS) is 10.8. The molecule has 7 nitrogen and oxygen atoms in total. The fourth-order valence-corrected chi connectivity index (χ4v) is 2.71. The van der Waals surface area contributed by atoms with Crippen molar-refractivity contribution in [3.05, 3.63) is 67.6 Å². The first-order chi connectivity index (χ1) is 10.5. The summed E-state index contributed by atoms with van der Waals surface area (Å²) >= 11 is 1.35. The minimum atomic E-state index is -0.478. The van der Waals surface area contributed by atoms with Crippen LogP contribution in [-0.4, -0.2) is 14.3 Å². The number of nitrogens with zero attached hydrogens (tertiary/aromatic N) is 3. The van der Waals surface area contributed by atoms with E-state index in [-0.39, 0.29) is 17.9 Å². The standard InChI is InChI=1S/C14H11N3O4S/c1-9-2-3-11(17(19)20)7-12(9)21-8-10-6-13(18)16-4-5-22-14(16)15-10/h2-7H,8H2,1H3. The Balaban J connectivity index is 1.86. The van der Waals surface area contributed by atoms with Crippen molar-refractivity contribution in [3.63, 3.8) is 0 Å². The highest BCUT2D eigenvalue weighted by Crippen LogP contribution is 2.24. The third-order valence-corrected chi connectivity index (χ3v) is 3.87. The van der Waals surface area contributed by atoms with Crippen molar-refractivity contribution in [1.29, 1.82) is 0 Å². The molecular formula is C14H11N3O4S. The largest absolute Gasteiger partial charge is 0.487 e. The summed E-state index contributed by atoms with van der Waals surface area (Å²) in [7, 11) is 0. The summed E-state index contributed by atoms with van der Waals surface area (Å²) in [4.78, 5) is 27.1. The van der Waals surface area contributed by atoms with E-state index in [1.165, 1.54) is 33.9 Å². The molecule has 112 valence electrons. The Labute approximate surface area is 128 Å². The highest BCUT2D eigenvalue weighted by molar-refractivity contribution is 7.15. The van der Waals surface area contributed by atoms with Gasteiger partial charge in [0.2, 0.25) is 0 Å². The van der Waals surface area contributed by atoms with Gasteiger partial charge in [0.25, 0.3) is 11.2 Å². The zero-order valence-electron chi connectivity index (χ0n) is 11.6. The first-order valence-electron chi connectivity index (χ1n) is 6.38. The van der Waals surface area contributed by atoms with E-state index < -0.39 is 4.92 Å². The molecule has 22 heavy (non-hydrogen) atoms. The van der Waals surface area contributed by atoms with Crippen LogP contribution in [0, 0.1) is 17.0 Å². The van der Waals surface area contributed by atoms with Crippen molar-refractivity contribution in [1.82, 2.24) is 9.38 Å².